The van der Waals surface area contributed by atoms with Crippen LogP contribution in [0.1, 0.15) is 38.7 Å². The van der Waals surface area contributed by atoms with Crippen LogP contribution in [0.15, 0.2) is 29.2 Å². The molecular weight excluding hydrogens is 244 g/mol. The van der Waals surface area contributed by atoms with Gasteiger partial charge in [0.1, 0.15) is 0 Å². The molecule has 0 saturated carbocycles. The second-order valence-corrected chi connectivity index (χ2v) is 6.48. The van der Waals surface area contributed by atoms with Crippen molar-refractivity contribution in [2.24, 2.45) is 5.41 Å². The topological polar surface area (TPSA) is 37.3 Å². The first kappa shape index (κ1) is 15.1. The van der Waals surface area contributed by atoms with Crippen LogP contribution in [0.5, 0.6) is 0 Å². The molecular formula is C15H22O2S. The Morgan fingerprint density at radius 3 is 2.67 bits per heavy atom. The summed E-state index contributed by atoms with van der Waals surface area (Å²) in [6.07, 6.45) is 2.78. The highest BCUT2D eigenvalue weighted by Crippen LogP contribution is 2.25. The number of thioether (sulfide) groups is 1. The first-order valence-electron chi connectivity index (χ1n) is 6.35. The number of hydrogen-bond acceptors (Lipinski definition) is 2. The van der Waals surface area contributed by atoms with Crippen LogP contribution in [-0.2, 0) is 4.79 Å². The van der Waals surface area contributed by atoms with E-state index in [-0.39, 0.29) is 0 Å². The van der Waals surface area contributed by atoms with Crippen molar-refractivity contribution in [2.75, 3.05) is 5.75 Å². The van der Waals surface area contributed by atoms with Gasteiger partial charge < -0.3 is 5.11 Å². The molecule has 0 aliphatic carbocycles. The van der Waals surface area contributed by atoms with Crippen LogP contribution in [0.2, 0.25) is 0 Å². The summed E-state index contributed by atoms with van der Waals surface area (Å²) < 4.78 is 0. The number of hydrogen-bond donors (Lipinski definition) is 1. The highest BCUT2D eigenvalue weighted by molar-refractivity contribution is 7.99. The van der Waals surface area contributed by atoms with E-state index in [2.05, 4.69) is 31.2 Å². The van der Waals surface area contributed by atoms with Crippen molar-refractivity contribution in [3.63, 3.8) is 0 Å². The summed E-state index contributed by atoms with van der Waals surface area (Å²) in [6, 6.07) is 8.48. The highest BCUT2D eigenvalue weighted by atomic mass is 32.2. The molecule has 1 aromatic carbocycles. The molecule has 0 radical (unpaired) electrons. The first-order chi connectivity index (χ1) is 8.42. The third kappa shape index (κ3) is 5.13. The van der Waals surface area contributed by atoms with Crippen molar-refractivity contribution >= 4 is 17.7 Å². The predicted octanol–water partition coefficient (Wildman–Crippen LogP) is 4.37. The Hall–Kier alpha value is -0.960. The average molecular weight is 266 g/mol. The molecule has 100 valence electrons. The highest BCUT2D eigenvalue weighted by Gasteiger charge is 2.25. The van der Waals surface area contributed by atoms with Crippen molar-refractivity contribution in [1.29, 1.82) is 0 Å². The Kier molecular flexibility index (Phi) is 5.73. The maximum Gasteiger partial charge on any atom is 0.309 e. The van der Waals surface area contributed by atoms with Crippen molar-refractivity contribution < 1.29 is 9.90 Å². The van der Waals surface area contributed by atoms with Gasteiger partial charge in [0.15, 0.2) is 0 Å². The van der Waals surface area contributed by atoms with Gasteiger partial charge in [0.2, 0.25) is 0 Å². The molecule has 0 heterocycles. The molecule has 0 bridgehead atoms. The normalized spacial score (nSPS) is 11.5. The molecule has 2 nitrogen and oxygen atoms in total. The van der Waals surface area contributed by atoms with Crippen molar-refractivity contribution in [3.8, 4) is 0 Å². The number of carboxylic acids is 1. The van der Waals surface area contributed by atoms with E-state index in [4.69, 9.17) is 5.11 Å². The number of unbranched alkanes of at least 4 members (excludes halogenated alkanes) is 1. The summed E-state index contributed by atoms with van der Waals surface area (Å²) in [4.78, 5) is 12.2. The number of rotatable bonds is 7. The number of carbonyl (C=O) groups is 1. The predicted molar refractivity (Wildman–Crippen MR) is 77.2 cm³/mol. The van der Waals surface area contributed by atoms with Gasteiger partial charge in [0.05, 0.1) is 5.41 Å². The standard InChI is InChI=1S/C15H22O2S/c1-12-7-6-8-13(11-12)18-10-5-4-9-15(2,3)14(16)17/h6-8,11H,4-5,9-10H2,1-3H3,(H,16,17). The van der Waals surface area contributed by atoms with Crippen LogP contribution in [-0.4, -0.2) is 16.8 Å². The van der Waals surface area contributed by atoms with Gasteiger partial charge in [-0.1, -0.05) is 24.1 Å². The molecule has 0 fully saturated rings. The molecule has 0 atom stereocenters. The molecule has 18 heavy (non-hydrogen) atoms. The van der Waals surface area contributed by atoms with E-state index in [0.29, 0.717) is 0 Å². The van der Waals surface area contributed by atoms with Crippen LogP contribution in [0, 0.1) is 12.3 Å². The molecule has 0 aromatic heterocycles. The van der Waals surface area contributed by atoms with Gasteiger partial charge in [0, 0.05) is 4.90 Å². The molecule has 0 spiro atoms. The van der Waals surface area contributed by atoms with Crippen LogP contribution in [0.25, 0.3) is 0 Å². The second-order valence-electron chi connectivity index (χ2n) is 5.31. The monoisotopic (exact) mass is 266 g/mol. The largest absolute Gasteiger partial charge is 0.481 e. The Morgan fingerprint density at radius 2 is 2.06 bits per heavy atom. The van der Waals surface area contributed by atoms with Gasteiger partial charge >= 0.3 is 5.97 Å². The molecule has 0 amide bonds. The number of carboxylic acid groups (broad SMARTS) is 1. The van der Waals surface area contributed by atoms with E-state index >= 15 is 0 Å². The Balaban J connectivity index is 2.22. The number of benzene rings is 1. The molecule has 1 N–H and O–H groups in total. The molecule has 0 saturated heterocycles. The molecule has 1 aromatic rings. The lowest BCUT2D eigenvalue weighted by Crippen LogP contribution is -2.23. The van der Waals surface area contributed by atoms with E-state index in [0.717, 1.165) is 25.0 Å². The number of aryl methyl sites for hydroxylation is 1. The summed E-state index contributed by atoms with van der Waals surface area (Å²) in [5, 5.41) is 9.00. The zero-order valence-electron chi connectivity index (χ0n) is 11.4. The second kappa shape index (κ2) is 6.83. The summed E-state index contributed by atoms with van der Waals surface area (Å²) in [5.41, 5.74) is 0.695. The van der Waals surface area contributed by atoms with E-state index in [1.54, 1.807) is 13.8 Å². The lowest BCUT2D eigenvalue weighted by Gasteiger charge is -2.18. The van der Waals surface area contributed by atoms with Crippen molar-refractivity contribution in [3.05, 3.63) is 29.8 Å². The summed E-state index contributed by atoms with van der Waals surface area (Å²) in [7, 11) is 0. The third-order valence-corrected chi connectivity index (χ3v) is 4.11. The molecule has 1 rings (SSSR count). The lowest BCUT2D eigenvalue weighted by molar-refractivity contribution is -0.147. The van der Waals surface area contributed by atoms with Crippen LogP contribution in [0.3, 0.4) is 0 Å². The third-order valence-electron chi connectivity index (χ3n) is 3.03. The summed E-state index contributed by atoms with van der Waals surface area (Å²) in [6.45, 7) is 5.69. The average Bonchev–Trinajstić information content (AvgIpc) is 2.28. The van der Waals surface area contributed by atoms with E-state index in [1.165, 1.54) is 10.5 Å². The van der Waals surface area contributed by atoms with Crippen molar-refractivity contribution in [2.45, 2.75) is 44.9 Å². The van der Waals surface area contributed by atoms with Gasteiger partial charge in [-0.2, -0.15) is 0 Å². The summed E-state index contributed by atoms with van der Waals surface area (Å²) in [5.74, 6) is 0.355. The minimum absolute atomic E-state index is 0.589. The maximum atomic E-state index is 10.9. The maximum absolute atomic E-state index is 10.9. The van der Waals surface area contributed by atoms with Crippen molar-refractivity contribution in [1.82, 2.24) is 0 Å². The molecule has 0 unspecified atom stereocenters. The Morgan fingerprint density at radius 1 is 1.33 bits per heavy atom. The quantitative estimate of drug-likeness (QED) is 0.588. The van der Waals surface area contributed by atoms with Gasteiger partial charge in [-0.25, -0.2) is 0 Å². The minimum atomic E-state index is -0.700. The zero-order chi connectivity index (χ0) is 13.6. The fraction of sp³-hybridized carbons (Fsp3) is 0.533. The van der Waals surface area contributed by atoms with E-state index < -0.39 is 11.4 Å². The van der Waals surface area contributed by atoms with E-state index in [9.17, 15) is 4.79 Å². The Bertz CT molecular complexity index is 399. The fourth-order valence-electron chi connectivity index (χ4n) is 1.67. The van der Waals surface area contributed by atoms with Gasteiger partial charge in [-0.3, -0.25) is 4.79 Å². The molecule has 0 aliphatic rings. The number of aliphatic carboxylic acids is 1. The van der Waals surface area contributed by atoms with Gasteiger partial charge in [0.25, 0.3) is 0 Å². The zero-order valence-corrected chi connectivity index (χ0v) is 12.2. The summed E-state index contributed by atoms with van der Waals surface area (Å²) >= 11 is 1.85. The fourth-order valence-corrected chi connectivity index (χ4v) is 2.70. The van der Waals surface area contributed by atoms with Crippen LogP contribution >= 0.6 is 11.8 Å². The van der Waals surface area contributed by atoms with Gasteiger partial charge in [-0.15, -0.1) is 11.8 Å². The Labute approximate surface area is 114 Å². The van der Waals surface area contributed by atoms with E-state index in [1.807, 2.05) is 11.8 Å². The lowest BCUT2D eigenvalue weighted by atomic mass is 9.88. The smallest absolute Gasteiger partial charge is 0.309 e. The SMILES string of the molecule is Cc1cccc(SCCCCC(C)(C)C(=O)O)c1. The molecule has 0 aliphatic heterocycles. The molecule has 3 heteroatoms. The first-order valence-corrected chi connectivity index (χ1v) is 7.33. The van der Waals surface area contributed by atoms with Crippen LogP contribution < -0.4 is 0 Å². The minimum Gasteiger partial charge on any atom is -0.481 e. The van der Waals surface area contributed by atoms with Crippen LogP contribution in [0.4, 0.5) is 0 Å². The van der Waals surface area contributed by atoms with Gasteiger partial charge in [-0.05, 0) is 51.5 Å².